The molecular weight excluding hydrogens is 244 g/mol. The van der Waals surface area contributed by atoms with Gasteiger partial charge in [-0.3, -0.25) is 0 Å². The number of unbranched alkanes of at least 4 members (excludes halogenated alkanes) is 2. The third-order valence-electron chi connectivity index (χ3n) is 5.43. The molecule has 1 fully saturated rings. The van der Waals surface area contributed by atoms with Crippen LogP contribution in [0.25, 0.3) is 0 Å². The highest BCUT2D eigenvalue weighted by atomic mass is 28.1. The molecule has 0 aromatic carbocycles. The lowest BCUT2D eigenvalue weighted by Gasteiger charge is -2.32. The highest BCUT2D eigenvalue weighted by Gasteiger charge is 2.36. The lowest BCUT2D eigenvalue weighted by atomic mass is 9.83. The second kappa shape index (κ2) is 7.11. The summed E-state index contributed by atoms with van der Waals surface area (Å²) in [5.41, 5.74) is 0. The number of rotatable bonds is 9. The Hall–Kier alpha value is -0.0431. The molecule has 1 heteroatoms. The number of hydrogen-bond acceptors (Lipinski definition) is 0. The van der Waals surface area contributed by atoms with Crippen molar-refractivity contribution in [1.82, 2.24) is 0 Å². The Bertz CT molecular complexity index is 286. The van der Waals surface area contributed by atoms with Crippen molar-refractivity contribution in [2.45, 2.75) is 83.1 Å². The van der Waals surface area contributed by atoms with Gasteiger partial charge in [-0.05, 0) is 42.1 Å². The SMILES string of the molecule is CCCCC([Si])(CCCC)CCC1CC2C=CC1C2. The van der Waals surface area contributed by atoms with E-state index >= 15 is 0 Å². The van der Waals surface area contributed by atoms with Gasteiger partial charge in [0.05, 0.1) is 0 Å². The second-order valence-electron chi connectivity index (χ2n) is 7.07. The Labute approximate surface area is 123 Å². The molecule has 0 aromatic rings. The van der Waals surface area contributed by atoms with Crippen LogP contribution in [0.1, 0.15) is 78.1 Å². The largest absolute Gasteiger partial charge is 0.0851 e. The number of hydrogen-bond donors (Lipinski definition) is 0. The first kappa shape index (κ1) is 15.3. The normalized spacial score (nSPS) is 29.3. The minimum absolute atomic E-state index is 0.442. The van der Waals surface area contributed by atoms with Crippen LogP contribution in [0.5, 0.6) is 0 Å². The Morgan fingerprint density at radius 1 is 1.00 bits per heavy atom. The zero-order valence-corrected chi connectivity index (χ0v) is 14.0. The zero-order valence-electron chi connectivity index (χ0n) is 13.0. The van der Waals surface area contributed by atoms with Crippen LogP contribution in [0.2, 0.25) is 5.04 Å². The Balaban J connectivity index is 1.80. The van der Waals surface area contributed by atoms with Crippen LogP contribution >= 0.6 is 0 Å². The average Bonchev–Trinajstić information content (AvgIpc) is 3.03. The monoisotopic (exact) mass is 275 g/mol. The van der Waals surface area contributed by atoms with E-state index in [1.807, 2.05) is 0 Å². The van der Waals surface area contributed by atoms with E-state index in [1.54, 1.807) is 0 Å². The maximum Gasteiger partial charge on any atom is 0.0313 e. The van der Waals surface area contributed by atoms with Gasteiger partial charge in [-0.2, -0.15) is 0 Å². The Morgan fingerprint density at radius 2 is 1.68 bits per heavy atom. The summed E-state index contributed by atoms with van der Waals surface area (Å²) in [5, 5.41) is 0.442. The van der Waals surface area contributed by atoms with Gasteiger partial charge in [-0.1, -0.05) is 70.9 Å². The maximum absolute atomic E-state index is 4.19. The van der Waals surface area contributed by atoms with Gasteiger partial charge in [-0.15, -0.1) is 0 Å². The molecule has 0 nitrogen and oxygen atoms in total. The summed E-state index contributed by atoms with van der Waals surface area (Å²) in [5.74, 6) is 2.86. The molecule has 2 rings (SSSR count). The quantitative estimate of drug-likeness (QED) is 0.375. The van der Waals surface area contributed by atoms with E-state index in [2.05, 4.69) is 36.2 Å². The molecular formula is C18H31Si. The van der Waals surface area contributed by atoms with Crippen LogP contribution in [0.4, 0.5) is 0 Å². The molecule has 0 spiro atoms. The molecule has 0 aliphatic heterocycles. The van der Waals surface area contributed by atoms with Crippen molar-refractivity contribution in [3.05, 3.63) is 12.2 Å². The van der Waals surface area contributed by atoms with E-state index < -0.39 is 0 Å². The first-order valence-corrected chi connectivity index (χ1v) is 9.10. The molecule has 2 aliphatic rings. The van der Waals surface area contributed by atoms with Crippen LogP contribution in [-0.4, -0.2) is 10.2 Å². The van der Waals surface area contributed by atoms with Gasteiger partial charge in [0.25, 0.3) is 0 Å². The van der Waals surface area contributed by atoms with Crippen LogP contribution in [-0.2, 0) is 0 Å². The fraction of sp³-hybridized carbons (Fsp3) is 0.889. The predicted octanol–water partition coefficient (Wildman–Crippen LogP) is 5.69. The first-order valence-electron chi connectivity index (χ1n) is 8.60. The summed E-state index contributed by atoms with van der Waals surface area (Å²) in [6, 6.07) is 0. The summed E-state index contributed by atoms with van der Waals surface area (Å²) in [4.78, 5) is 0. The molecule has 2 bridgehead atoms. The first-order chi connectivity index (χ1) is 9.17. The molecule has 3 unspecified atom stereocenters. The van der Waals surface area contributed by atoms with Crippen molar-refractivity contribution in [2.75, 3.05) is 0 Å². The fourth-order valence-electron chi connectivity index (χ4n) is 4.09. The molecule has 19 heavy (non-hydrogen) atoms. The molecule has 0 aromatic heterocycles. The molecule has 0 amide bonds. The molecule has 0 heterocycles. The van der Waals surface area contributed by atoms with Crippen molar-refractivity contribution in [3.63, 3.8) is 0 Å². The standard InChI is InChI=1S/C18H31Si/c1-3-5-10-18(19,11-6-4-2)12-9-17-14-15-7-8-16(17)13-15/h7-8,15-17H,3-6,9-14H2,1-2H3. The summed E-state index contributed by atoms with van der Waals surface area (Å²) in [6.45, 7) is 4.63. The van der Waals surface area contributed by atoms with Crippen LogP contribution in [0, 0.1) is 17.8 Å². The van der Waals surface area contributed by atoms with Crippen LogP contribution < -0.4 is 0 Å². The van der Waals surface area contributed by atoms with E-state index in [1.165, 1.54) is 64.2 Å². The molecule has 0 saturated heterocycles. The van der Waals surface area contributed by atoms with E-state index in [0.29, 0.717) is 5.04 Å². The summed E-state index contributed by atoms with van der Waals surface area (Å²) in [7, 11) is 4.19. The molecule has 3 atom stereocenters. The summed E-state index contributed by atoms with van der Waals surface area (Å²) < 4.78 is 0. The topological polar surface area (TPSA) is 0 Å². The zero-order chi connectivity index (χ0) is 13.7. The number of fused-ring (bicyclic) bond motifs is 2. The smallest absolute Gasteiger partial charge is 0.0313 e. The third-order valence-corrected chi connectivity index (χ3v) is 6.18. The van der Waals surface area contributed by atoms with Gasteiger partial charge in [0.1, 0.15) is 0 Å². The second-order valence-corrected chi connectivity index (χ2v) is 8.13. The van der Waals surface area contributed by atoms with E-state index in [-0.39, 0.29) is 0 Å². The molecule has 0 N–H and O–H groups in total. The van der Waals surface area contributed by atoms with Gasteiger partial charge >= 0.3 is 0 Å². The minimum atomic E-state index is 0.442. The van der Waals surface area contributed by atoms with E-state index in [4.69, 9.17) is 0 Å². The van der Waals surface area contributed by atoms with E-state index in [0.717, 1.165) is 17.8 Å². The van der Waals surface area contributed by atoms with E-state index in [9.17, 15) is 0 Å². The van der Waals surface area contributed by atoms with Gasteiger partial charge in [0.2, 0.25) is 0 Å². The Kier molecular flexibility index (Phi) is 5.74. The van der Waals surface area contributed by atoms with Gasteiger partial charge in [-0.25, -0.2) is 0 Å². The van der Waals surface area contributed by atoms with Crippen LogP contribution in [0.3, 0.4) is 0 Å². The Morgan fingerprint density at radius 3 is 2.16 bits per heavy atom. The molecule has 2 aliphatic carbocycles. The average molecular weight is 276 g/mol. The van der Waals surface area contributed by atoms with Gasteiger partial charge in [0, 0.05) is 10.2 Å². The predicted molar refractivity (Wildman–Crippen MR) is 85.6 cm³/mol. The fourth-order valence-corrected chi connectivity index (χ4v) is 4.59. The lowest BCUT2D eigenvalue weighted by Crippen LogP contribution is -2.17. The summed E-state index contributed by atoms with van der Waals surface area (Å²) in [6.07, 6.45) is 18.9. The summed E-state index contributed by atoms with van der Waals surface area (Å²) >= 11 is 0. The highest BCUT2D eigenvalue weighted by Crippen LogP contribution is 2.48. The van der Waals surface area contributed by atoms with Gasteiger partial charge in [0.15, 0.2) is 0 Å². The minimum Gasteiger partial charge on any atom is -0.0851 e. The van der Waals surface area contributed by atoms with Crippen molar-refractivity contribution < 1.29 is 0 Å². The van der Waals surface area contributed by atoms with Crippen molar-refractivity contribution in [2.24, 2.45) is 17.8 Å². The highest BCUT2D eigenvalue weighted by molar-refractivity contribution is 6.15. The van der Waals surface area contributed by atoms with Gasteiger partial charge < -0.3 is 0 Å². The molecule has 107 valence electrons. The molecule has 3 radical (unpaired) electrons. The lowest BCUT2D eigenvalue weighted by molar-refractivity contribution is 0.335. The third kappa shape index (κ3) is 4.21. The van der Waals surface area contributed by atoms with Crippen LogP contribution in [0.15, 0.2) is 12.2 Å². The van der Waals surface area contributed by atoms with Crippen molar-refractivity contribution in [3.8, 4) is 0 Å². The maximum atomic E-state index is 4.19. The van der Waals surface area contributed by atoms with Crippen molar-refractivity contribution >= 4 is 10.2 Å². The molecule has 1 saturated carbocycles. The number of allylic oxidation sites excluding steroid dienone is 2. The van der Waals surface area contributed by atoms with Crippen molar-refractivity contribution in [1.29, 1.82) is 0 Å².